The van der Waals surface area contributed by atoms with Gasteiger partial charge in [0.15, 0.2) is 0 Å². The van der Waals surface area contributed by atoms with E-state index in [4.69, 9.17) is 5.11 Å². The number of carbonyl (C=O) groups is 1. The number of nitrogens with zero attached hydrogens (tertiary/aromatic N) is 1. The van der Waals surface area contributed by atoms with Crippen LogP contribution in [0.15, 0.2) is 5.16 Å². The molecule has 0 saturated carbocycles. The van der Waals surface area contributed by atoms with Crippen molar-refractivity contribution in [2.45, 2.75) is 33.6 Å². The number of amides is 1. The van der Waals surface area contributed by atoms with Gasteiger partial charge in [-0.1, -0.05) is 32.3 Å². The molecule has 0 aromatic heterocycles. The Morgan fingerprint density at radius 3 is 2.80 bits per heavy atom. The van der Waals surface area contributed by atoms with E-state index >= 15 is 0 Å². The number of unbranched alkanes of at least 4 members (excludes halogenated alkanes) is 1. The lowest BCUT2D eigenvalue weighted by atomic mass is 9.97. The summed E-state index contributed by atoms with van der Waals surface area (Å²) in [7, 11) is 0. The van der Waals surface area contributed by atoms with Crippen molar-refractivity contribution in [1.82, 2.24) is 5.32 Å². The van der Waals surface area contributed by atoms with E-state index in [1.807, 2.05) is 6.92 Å². The summed E-state index contributed by atoms with van der Waals surface area (Å²) in [6, 6.07) is 0. The molecule has 5 nitrogen and oxygen atoms in total. The van der Waals surface area contributed by atoms with Crippen molar-refractivity contribution in [3.8, 4) is 0 Å². The summed E-state index contributed by atoms with van der Waals surface area (Å²) in [5.74, 6) is 0. The van der Waals surface area contributed by atoms with E-state index in [1.54, 1.807) is 13.8 Å². The number of aliphatic hydroxyl groups excluding tert-OH is 1. The maximum absolute atomic E-state index is 11.0. The largest absolute Gasteiger partial charge is 0.433 e. The molecule has 0 spiro atoms. The predicted octanol–water partition coefficient (Wildman–Crippen LogP) is 1.52. The first-order chi connectivity index (χ1) is 7.02. The molecule has 0 saturated heterocycles. The number of hydrogen-bond donors (Lipinski definition) is 2. The van der Waals surface area contributed by atoms with Crippen LogP contribution in [0, 0.1) is 5.41 Å². The molecular weight excluding hydrogens is 196 g/mol. The van der Waals surface area contributed by atoms with Gasteiger partial charge in [-0.05, 0) is 6.42 Å². The first kappa shape index (κ1) is 13.9. The number of aliphatic hydroxyl groups is 1. The molecule has 88 valence electrons. The molecule has 0 atom stereocenters. The van der Waals surface area contributed by atoms with E-state index in [1.165, 1.54) is 6.21 Å². The van der Waals surface area contributed by atoms with Gasteiger partial charge in [-0.25, -0.2) is 4.79 Å². The van der Waals surface area contributed by atoms with Gasteiger partial charge in [0.2, 0.25) is 0 Å². The maximum atomic E-state index is 11.0. The number of nitrogens with one attached hydrogen (secondary N) is 1. The van der Waals surface area contributed by atoms with Gasteiger partial charge in [-0.15, -0.1) is 0 Å². The lowest BCUT2D eigenvalue weighted by Crippen LogP contribution is -2.24. The lowest BCUT2D eigenvalue weighted by Gasteiger charge is -2.13. The Bertz CT molecular complexity index is 215. The Balaban J connectivity index is 3.70. The molecule has 5 heteroatoms. The normalized spacial score (nSPS) is 11.7. The van der Waals surface area contributed by atoms with Crippen LogP contribution in [0.5, 0.6) is 0 Å². The van der Waals surface area contributed by atoms with Crippen LogP contribution < -0.4 is 5.32 Å². The maximum Gasteiger partial charge on any atom is 0.433 e. The number of oxime groups is 1. The molecule has 0 bridgehead atoms. The van der Waals surface area contributed by atoms with E-state index < -0.39 is 11.5 Å². The second-order valence-electron chi connectivity index (χ2n) is 4.04. The molecule has 15 heavy (non-hydrogen) atoms. The van der Waals surface area contributed by atoms with Gasteiger partial charge in [0.1, 0.15) is 0 Å². The molecule has 0 aliphatic carbocycles. The van der Waals surface area contributed by atoms with Gasteiger partial charge >= 0.3 is 6.09 Å². The Labute approximate surface area is 90.5 Å². The number of rotatable bonds is 6. The highest BCUT2D eigenvalue weighted by Gasteiger charge is 2.13. The van der Waals surface area contributed by atoms with Gasteiger partial charge in [0.25, 0.3) is 0 Å². The standard InChI is InChI=1S/C10H20N2O3/c1-4-5-6-11-9(14)15-12-7-10(2,3)8-13/h7,13H,4-6,8H2,1-3H3,(H,11,14). The summed E-state index contributed by atoms with van der Waals surface area (Å²) in [6.07, 6.45) is 2.78. The zero-order valence-corrected chi connectivity index (χ0v) is 9.62. The smallest absolute Gasteiger partial charge is 0.395 e. The Hall–Kier alpha value is -1.10. The van der Waals surface area contributed by atoms with Crippen LogP contribution in [0.4, 0.5) is 4.79 Å². The Morgan fingerprint density at radius 2 is 2.27 bits per heavy atom. The average molecular weight is 216 g/mol. The van der Waals surface area contributed by atoms with E-state index in [0.29, 0.717) is 6.54 Å². The minimum absolute atomic E-state index is 0.0443. The van der Waals surface area contributed by atoms with Crippen molar-refractivity contribution in [2.24, 2.45) is 10.6 Å². The molecule has 0 heterocycles. The molecule has 0 aliphatic heterocycles. The van der Waals surface area contributed by atoms with Gasteiger partial charge in [0.05, 0.1) is 12.8 Å². The van der Waals surface area contributed by atoms with Crippen molar-refractivity contribution in [3.63, 3.8) is 0 Å². The molecule has 0 fully saturated rings. The summed E-state index contributed by atoms with van der Waals surface area (Å²) in [4.78, 5) is 15.5. The van der Waals surface area contributed by atoms with Crippen molar-refractivity contribution in [2.75, 3.05) is 13.2 Å². The predicted molar refractivity (Wildman–Crippen MR) is 58.8 cm³/mol. The van der Waals surface area contributed by atoms with Crippen LogP contribution in [0.1, 0.15) is 33.6 Å². The summed E-state index contributed by atoms with van der Waals surface area (Å²) < 4.78 is 0. The van der Waals surface area contributed by atoms with Crippen molar-refractivity contribution >= 4 is 12.3 Å². The fourth-order valence-electron chi connectivity index (χ4n) is 0.657. The third kappa shape index (κ3) is 7.93. The van der Waals surface area contributed by atoms with Gasteiger partial charge < -0.3 is 10.4 Å². The van der Waals surface area contributed by atoms with Crippen molar-refractivity contribution in [1.29, 1.82) is 0 Å². The van der Waals surface area contributed by atoms with Crippen LogP contribution in [0.25, 0.3) is 0 Å². The van der Waals surface area contributed by atoms with Crippen LogP contribution in [-0.4, -0.2) is 30.6 Å². The van der Waals surface area contributed by atoms with Crippen LogP contribution in [0.3, 0.4) is 0 Å². The highest BCUT2D eigenvalue weighted by Crippen LogP contribution is 2.09. The highest BCUT2D eigenvalue weighted by molar-refractivity contribution is 5.69. The van der Waals surface area contributed by atoms with E-state index in [-0.39, 0.29) is 6.61 Å². The lowest BCUT2D eigenvalue weighted by molar-refractivity contribution is 0.148. The SMILES string of the molecule is CCCCNC(=O)ON=CC(C)(C)CO. The van der Waals surface area contributed by atoms with E-state index in [2.05, 4.69) is 15.3 Å². The van der Waals surface area contributed by atoms with Crippen molar-refractivity contribution in [3.05, 3.63) is 0 Å². The monoisotopic (exact) mass is 216 g/mol. The van der Waals surface area contributed by atoms with Crippen LogP contribution in [-0.2, 0) is 4.84 Å². The van der Waals surface area contributed by atoms with Crippen LogP contribution in [0.2, 0.25) is 0 Å². The average Bonchev–Trinajstić information content (AvgIpc) is 2.18. The molecule has 1 amide bonds. The highest BCUT2D eigenvalue weighted by atomic mass is 16.7. The minimum Gasteiger partial charge on any atom is -0.395 e. The molecule has 0 unspecified atom stereocenters. The third-order valence-corrected chi connectivity index (χ3v) is 1.74. The van der Waals surface area contributed by atoms with Crippen molar-refractivity contribution < 1.29 is 14.7 Å². The first-order valence-corrected chi connectivity index (χ1v) is 5.12. The fraction of sp³-hybridized carbons (Fsp3) is 0.800. The number of carbonyl (C=O) groups excluding carboxylic acids is 1. The van der Waals surface area contributed by atoms with Gasteiger partial charge in [-0.2, -0.15) is 0 Å². The quantitative estimate of drug-likeness (QED) is 0.306. The summed E-state index contributed by atoms with van der Waals surface area (Å²) in [5.41, 5.74) is -0.469. The molecule has 0 rings (SSSR count). The minimum atomic E-state index is -0.562. The van der Waals surface area contributed by atoms with Gasteiger partial charge in [-0.3, -0.25) is 4.84 Å². The molecule has 2 N–H and O–H groups in total. The van der Waals surface area contributed by atoms with E-state index in [0.717, 1.165) is 12.8 Å². The third-order valence-electron chi connectivity index (χ3n) is 1.74. The van der Waals surface area contributed by atoms with Crippen LogP contribution >= 0.6 is 0 Å². The summed E-state index contributed by atoms with van der Waals surface area (Å²) >= 11 is 0. The zero-order valence-electron chi connectivity index (χ0n) is 9.62. The Kier molecular flexibility index (Phi) is 6.70. The topological polar surface area (TPSA) is 70.9 Å². The van der Waals surface area contributed by atoms with Gasteiger partial charge in [0, 0.05) is 12.0 Å². The molecule has 0 aromatic carbocycles. The second kappa shape index (κ2) is 7.23. The molecule has 0 radical (unpaired) electrons. The summed E-state index contributed by atoms with van der Waals surface area (Å²) in [5, 5.41) is 14.9. The fourth-order valence-corrected chi connectivity index (χ4v) is 0.657. The Morgan fingerprint density at radius 1 is 1.60 bits per heavy atom. The summed E-state index contributed by atoms with van der Waals surface area (Å²) in [6.45, 7) is 6.16. The number of hydrogen-bond acceptors (Lipinski definition) is 4. The van der Waals surface area contributed by atoms with E-state index in [9.17, 15) is 4.79 Å². The molecule has 0 aliphatic rings. The molecule has 0 aromatic rings. The second-order valence-corrected chi connectivity index (χ2v) is 4.04. The molecular formula is C10H20N2O3. The first-order valence-electron chi connectivity index (χ1n) is 5.12. The zero-order chi connectivity index (χ0) is 11.7.